The van der Waals surface area contributed by atoms with Gasteiger partial charge in [-0.2, -0.15) is 5.10 Å². The van der Waals surface area contributed by atoms with Crippen LogP contribution >= 0.6 is 0 Å². The van der Waals surface area contributed by atoms with Crippen LogP contribution in [0.15, 0.2) is 23.3 Å². The molecule has 122 valence electrons. The molecule has 0 radical (unpaired) electrons. The van der Waals surface area contributed by atoms with Gasteiger partial charge in [0.05, 0.1) is 11.8 Å². The lowest BCUT2D eigenvalue weighted by molar-refractivity contribution is -0.156. The third kappa shape index (κ3) is 2.32. The smallest absolute Gasteiger partial charge is 0.308 e. The first-order valence-corrected chi connectivity index (χ1v) is 7.34. The standard InChI is InChI=1S/C16H18N2O5/c1-18(2)17-11-6-10-8-4-3-7(19)5-9(8)12(11)14(16(22)23)13(10)15(20)21/h3-5,10,12-14,19H,6H2,1-2H3,(H,20,21)(H,22,23). The van der Waals surface area contributed by atoms with Gasteiger partial charge in [0.1, 0.15) is 5.75 Å². The lowest BCUT2D eigenvalue weighted by Crippen LogP contribution is -2.50. The zero-order valence-corrected chi connectivity index (χ0v) is 12.8. The summed E-state index contributed by atoms with van der Waals surface area (Å²) in [6.07, 6.45) is 0.418. The van der Waals surface area contributed by atoms with Gasteiger partial charge < -0.3 is 20.3 Å². The topological polar surface area (TPSA) is 110 Å². The number of aliphatic carboxylic acids is 2. The molecule has 0 aliphatic heterocycles. The van der Waals surface area contributed by atoms with Gasteiger partial charge in [0.15, 0.2) is 0 Å². The minimum atomic E-state index is -1.15. The van der Waals surface area contributed by atoms with Crippen LogP contribution in [0, 0.1) is 11.8 Å². The third-order valence-corrected chi connectivity index (χ3v) is 4.67. The Morgan fingerprint density at radius 1 is 1.13 bits per heavy atom. The maximum Gasteiger partial charge on any atom is 0.308 e. The molecule has 1 aromatic rings. The van der Waals surface area contributed by atoms with Crippen molar-refractivity contribution >= 4 is 17.7 Å². The molecule has 7 nitrogen and oxygen atoms in total. The number of hydrogen-bond acceptors (Lipinski definition) is 5. The monoisotopic (exact) mass is 318 g/mol. The van der Waals surface area contributed by atoms with Gasteiger partial charge in [0.2, 0.25) is 0 Å². The molecule has 3 N–H and O–H groups in total. The van der Waals surface area contributed by atoms with Crippen LogP contribution in [0.1, 0.15) is 29.4 Å². The number of carbonyl (C=O) groups is 2. The number of carboxylic acid groups (broad SMARTS) is 2. The van der Waals surface area contributed by atoms with E-state index < -0.39 is 35.6 Å². The van der Waals surface area contributed by atoms with Crippen molar-refractivity contribution in [1.82, 2.24) is 5.01 Å². The molecule has 1 saturated carbocycles. The van der Waals surface area contributed by atoms with Crippen LogP contribution in [0.25, 0.3) is 0 Å². The number of carboxylic acids is 2. The first-order chi connectivity index (χ1) is 10.8. The molecule has 0 saturated heterocycles. The molecule has 3 aliphatic rings. The summed E-state index contributed by atoms with van der Waals surface area (Å²) in [5.74, 6) is -5.37. The van der Waals surface area contributed by atoms with E-state index in [1.54, 1.807) is 25.2 Å². The average Bonchev–Trinajstić information content (AvgIpc) is 2.45. The predicted octanol–water partition coefficient (Wildman–Crippen LogP) is 1.30. The summed E-state index contributed by atoms with van der Waals surface area (Å²) in [6, 6.07) is 4.74. The van der Waals surface area contributed by atoms with E-state index in [1.807, 2.05) is 0 Å². The Labute approximate surface area is 132 Å². The van der Waals surface area contributed by atoms with Crippen molar-refractivity contribution < 1.29 is 24.9 Å². The molecule has 2 bridgehead atoms. The van der Waals surface area contributed by atoms with Crippen molar-refractivity contribution in [1.29, 1.82) is 0 Å². The number of rotatable bonds is 3. The summed E-state index contributed by atoms with van der Waals surface area (Å²) in [5.41, 5.74) is 2.13. The van der Waals surface area contributed by atoms with Gasteiger partial charge in [-0.25, -0.2) is 0 Å². The number of benzene rings is 1. The van der Waals surface area contributed by atoms with E-state index in [-0.39, 0.29) is 5.75 Å². The fourth-order valence-electron chi connectivity index (χ4n) is 3.97. The number of aromatic hydroxyl groups is 1. The Bertz CT molecular complexity index is 712. The number of nitrogens with zero attached hydrogens (tertiary/aromatic N) is 2. The van der Waals surface area contributed by atoms with Crippen LogP contribution in [0.3, 0.4) is 0 Å². The summed E-state index contributed by atoms with van der Waals surface area (Å²) in [6.45, 7) is 0. The molecule has 0 spiro atoms. The molecule has 4 unspecified atom stereocenters. The van der Waals surface area contributed by atoms with E-state index in [1.165, 1.54) is 12.1 Å². The van der Waals surface area contributed by atoms with Gasteiger partial charge in [0.25, 0.3) is 0 Å². The van der Waals surface area contributed by atoms with E-state index >= 15 is 0 Å². The summed E-state index contributed by atoms with van der Waals surface area (Å²) in [4.78, 5) is 23.5. The molecule has 7 heteroatoms. The molecule has 4 rings (SSSR count). The van der Waals surface area contributed by atoms with Crippen LogP contribution in [-0.2, 0) is 9.59 Å². The molecule has 4 atom stereocenters. The highest BCUT2D eigenvalue weighted by molar-refractivity contribution is 6.01. The second kappa shape index (κ2) is 5.26. The zero-order chi connectivity index (χ0) is 16.9. The maximum absolute atomic E-state index is 11.8. The highest BCUT2D eigenvalue weighted by atomic mass is 16.4. The van der Waals surface area contributed by atoms with E-state index in [0.717, 1.165) is 5.56 Å². The van der Waals surface area contributed by atoms with Crippen LogP contribution < -0.4 is 0 Å². The van der Waals surface area contributed by atoms with Gasteiger partial charge in [-0.3, -0.25) is 9.59 Å². The number of hydrazone groups is 1. The highest BCUT2D eigenvalue weighted by Gasteiger charge is 2.56. The zero-order valence-electron chi connectivity index (χ0n) is 12.8. The number of hydrogen-bond donors (Lipinski definition) is 3. The lowest BCUT2D eigenvalue weighted by Gasteiger charge is -2.46. The van der Waals surface area contributed by atoms with Crippen molar-refractivity contribution in [3.05, 3.63) is 29.3 Å². The molecule has 1 aromatic carbocycles. The van der Waals surface area contributed by atoms with Gasteiger partial charge in [0, 0.05) is 31.6 Å². The summed E-state index contributed by atoms with van der Waals surface area (Å²) < 4.78 is 0. The Hall–Kier alpha value is -2.57. The second-order valence-corrected chi connectivity index (χ2v) is 6.27. The van der Waals surface area contributed by atoms with Crippen molar-refractivity contribution in [3.63, 3.8) is 0 Å². The Kier molecular flexibility index (Phi) is 3.50. The highest BCUT2D eigenvalue weighted by Crippen LogP contribution is 2.55. The molecule has 23 heavy (non-hydrogen) atoms. The molecule has 1 fully saturated rings. The van der Waals surface area contributed by atoms with Gasteiger partial charge in [-0.05, 0) is 29.7 Å². The first-order valence-electron chi connectivity index (χ1n) is 7.34. The number of phenols is 1. The van der Waals surface area contributed by atoms with Gasteiger partial charge in [-0.15, -0.1) is 0 Å². The molecule has 0 heterocycles. The Morgan fingerprint density at radius 3 is 2.35 bits per heavy atom. The lowest BCUT2D eigenvalue weighted by atomic mass is 9.55. The summed E-state index contributed by atoms with van der Waals surface area (Å²) in [5, 5.41) is 34.9. The van der Waals surface area contributed by atoms with E-state index in [4.69, 9.17) is 0 Å². The fraction of sp³-hybridized carbons (Fsp3) is 0.438. The van der Waals surface area contributed by atoms with E-state index in [2.05, 4.69) is 5.10 Å². The number of phenolic OH excluding ortho intramolecular Hbond substituents is 1. The fourth-order valence-corrected chi connectivity index (χ4v) is 3.97. The number of fused-ring (bicyclic) bond motifs is 2. The minimum Gasteiger partial charge on any atom is -0.508 e. The maximum atomic E-state index is 11.8. The van der Waals surface area contributed by atoms with E-state index in [9.17, 15) is 24.9 Å². The normalized spacial score (nSPS) is 30.1. The van der Waals surface area contributed by atoms with Crippen LogP contribution in [0.4, 0.5) is 0 Å². The Morgan fingerprint density at radius 2 is 1.78 bits per heavy atom. The van der Waals surface area contributed by atoms with Crippen molar-refractivity contribution in [2.75, 3.05) is 14.1 Å². The molecular formula is C16H18N2O5. The third-order valence-electron chi connectivity index (χ3n) is 4.67. The van der Waals surface area contributed by atoms with Crippen molar-refractivity contribution in [2.24, 2.45) is 16.9 Å². The SMILES string of the molecule is CN(C)N=C1CC2c3ccc(O)cc3C1C(C(=O)O)C2C(=O)O. The largest absolute Gasteiger partial charge is 0.508 e. The summed E-state index contributed by atoms with van der Waals surface area (Å²) in [7, 11) is 3.48. The van der Waals surface area contributed by atoms with Crippen LogP contribution in [-0.4, -0.2) is 52.1 Å². The predicted molar refractivity (Wildman–Crippen MR) is 81.6 cm³/mol. The molecule has 0 amide bonds. The van der Waals surface area contributed by atoms with Gasteiger partial charge in [-0.1, -0.05) is 6.07 Å². The molecular weight excluding hydrogens is 300 g/mol. The first kappa shape index (κ1) is 15.3. The van der Waals surface area contributed by atoms with Crippen LogP contribution in [0.5, 0.6) is 5.75 Å². The minimum absolute atomic E-state index is 0.0384. The molecule has 0 aromatic heterocycles. The van der Waals surface area contributed by atoms with Crippen molar-refractivity contribution in [2.45, 2.75) is 18.3 Å². The second-order valence-electron chi connectivity index (χ2n) is 6.27. The van der Waals surface area contributed by atoms with E-state index in [0.29, 0.717) is 17.7 Å². The van der Waals surface area contributed by atoms with Crippen LogP contribution in [0.2, 0.25) is 0 Å². The quantitative estimate of drug-likeness (QED) is 0.724. The van der Waals surface area contributed by atoms with Crippen molar-refractivity contribution in [3.8, 4) is 5.75 Å². The Balaban J connectivity index is 2.24. The van der Waals surface area contributed by atoms with Gasteiger partial charge >= 0.3 is 11.9 Å². The summed E-state index contributed by atoms with van der Waals surface area (Å²) >= 11 is 0. The average molecular weight is 318 g/mol. The molecule has 3 aliphatic carbocycles.